The zero-order valence-corrected chi connectivity index (χ0v) is 11.6. The van der Waals surface area contributed by atoms with Crippen molar-refractivity contribution in [2.75, 3.05) is 0 Å². The highest BCUT2D eigenvalue weighted by Gasteiger charge is 2.31. The third-order valence-electron chi connectivity index (χ3n) is 2.80. The molecule has 0 aliphatic rings. The van der Waals surface area contributed by atoms with E-state index in [0.717, 1.165) is 0 Å². The van der Waals surface area contributed by atoms with Crippen molar-refractivity contribution in [2.45, 2.75) is 6.36 Å². The van der Waals surface area contributed by atoms with E-state index in [2.05, 4.69) is 19.7 Å². The molecule has 0 aliphatic carbocycles. The molecule has 4 nitrogen and oxygen atoms in total. The molecular formula is C14H7ClF3N3O. The minimum atomic E-state index is -4.74. The number of fused-ring (bicyclic) bond motifs is 1. The first-order valence-corrected chi connectivity index (χ1v) is 6.44. The molecular weight excluding hydrogens is 319 g/mol. The van der Waals surface area contributed by atoms with E-state index in [9.17, 15) is 13.2 Å². The van der Waals surface area contributed by atoms with Crippen molar-refractivity contribution < 1.29 is 17.9 Å². The van der Waals surface area contributed by atoms with Gasteiger partial charge in [-0.25, -0.2) is 15.0 Å². The van der Waals surface area contributed by atoms with E-state index in [1.807, 2.05) is 0 Å². The molecule has 2 aromatic heterocycles. The van der Waals surface area contributed by atoms with E-state index < -0.39 is 6.36 Å². The predicted octanol–water partition coefficient (Wildman–Crippen LogP) is 4.24. The lowest BCUT2D eigenvalue weighted by molar-refractivity contribution is -0.274. The maximum absolute atomic E-state index is 12.3. The van der Waals surface area contributed by atoms with Crippen LogP contribution in [-0.4, -0.2) is 21.3 Å². The zero-order chi connectivity index (χ0) is 15.7. The maximum atomic E-state index is 12.3. The molecule has 0 saturated carbocycles. The maximum Gasteiger partial charge on any atom is 0.573 e. The van der Waals surface area contributed by atoms with Gasteiger partial charge >= 0.3 is 6.36 Å². The second kappa shape index (κ2) is 5.42. The Labute approximate surface area is 127 Å². The van der Waals surface area contributed by atoms with Crippen LogP contribution in [0.2, 0.25) is 5.15 Å². The molecule has 0 unspecified atom stereocenters. The van der Waals surface area contributed by atoms with Crippen LogP contribution in [0, 0.1) is 0 Å². The van der Waals surface area contributed by atoms with Crippen LogP contribution in [0.15, 0.2) is 42.7 Å². The first-order chi connectivity index (χ1) is 10.4. The van der Waals surface area contributed by atoms with Gasteiger partial charge in [-0.2, -0.15) is 0 Å². The van der Waals surface area contributed by atoms with Crippen LogP contribution in [0.4, 0.5) is 13.2 Å². The van der Waals surface area contributed by atoms with Gasteiger partial charge in [0.25, 0.3) is 0 Å². The van der Waals surface area contributed by atoms with Crippen molar-refractivity contribution in [1.29, 1.82) is 0 Å². The number of alkyl halides is 3. The van der Waals surface area contributed by atoms with Crippen LogP contribution in [0.1, 0.15) is 0 Å². The summed E-state index contributed by atoms with van der Waals surface area (Å²) in [6, 6.07) is 8.84. The Morgan fingerprint density at radius 3 is 2.64 bits per heavy atom. The van der Waals surface area contributed by atoms with Crippen LogP contribution in [-0.2, 0) is 0 Å². The third kappa shape index (κ3) is 3.09. The zero-order valence-electron chi connectivity index (χ0n) is 10.8. The molecule has 0 aliphatic heterocycles. The molecule has 0 radical (unpaired) electrons. The predicted molar refractivity (Wildman–Crippen MR) is 74.5 cm³/mol. The van der Waals surface area contributed by atoms with Crippen LogP contribution in [0.5, 0.6) is 5.75 Å². The lowest BCUT2D eigenvalue weighted by Gasteiger charge is -2.10. The monoisotopic (exact) mass is 325 g/mol. The molecule has 0 saturated heterocycles. The number of aromatic nitrogens is 3. The molecule has 0 spiro atoms. The normalized spacial score (nSPS) is 11.6. The molecule has 0 N–H and O–H groups in total. The van der Waals surface area contributed by atoms with Crippen molar-refractivity contribution in [3.63, 3.8) is 0 Å². The lowest BCUT2D eigenvalue weighted by Crippen LogP contribution is -2.17. The molecule has 8 heteroatoms. The number of nitrogens with zero attached hydrogens (tertiary/aromatic N) is 3. The fraction of sp³-hybridized carbons (Fsp3) is 0.0714. The Morgan fingerprint density at radius 1 is 1.05 bits per heavy atom. The van der Waals surface area contributed by atoms with Gasteiger partial charge in [-0.15, -0.1) is 13.2 Å². The van der Waals surface area contributed by atoms with Crippen LogP contribution in [0.25, 0.3) is 22.3 Å². The number of benzene rings is 1. The first kappa shape index (κ1) is 14.5. The topological polar surface area (TPSA) is 47.9 Å². The highest BCUT2D eigenvalue weighted by molar-refractivity contribution is 6.33. The summed E-state index contributed by atoms with van der Waals surface area (Å²) in [7, 11) is 0. The second-order valence-electron chi connectivity index (χ2n) is 4.30. The quantitative estimate of drug-likeness (QED) is 0.661. The molecule has 0 bridgehead atoms. The summed E-state index contributed by atoms with van der Waals surface area (Å²) in [5, 5.41) is 0.176. The molecule has 3 rings (SSSR count). The number of hydrogen-bond donors (Lipinski definition) is 0. The number of hydrogen-bond acceptors (Lipinski definition) is 4. The van der Waals surface area contributed by atoms with Crippen molar-refractivity contribution in [2.24, 2.45) is 0 Å². The average Bonchev–Trinajstić information content (AvgIpc) is 2.46. The van der Waals surface area contributed by atoms with E-state index in [-0.39, 0.29) is 10.9 Å². The van der Waals surface area contributed by atoms with Crippen LogP contribution < -0.4 is 4.74 Å². The minimum absolute atomic E-state index is 0.176. The van der Waals surface area contributed by atoms with E-state index in [1.54, 1.807) is 18.2 Å². The molecule has 2 heterocycles. The van der Waals surface area contributed by atoms with Crippen molar-refractivity contribution in [3.05, 3.63) is 47.9 Å². The standard InChI is InChI=1S/C14H7ClF3N3O/c15-13-12-11(19-7-20-13)5-4-10(21-12)8-2-1-3-9(6-8)22-14(16,17)18/h1-7H. The van der Waals surface area contributed by atoms with Gasteiger partial charge in [0.1, 0.15) is 17.6 Å². The van der Waals surface area contributed by atoms with Gasteiger partial charge in [0.2, 0.25) is 0 Å². The molecule has 0 amide bonds. The minimum Gasteiger partial charge on any atom is -0.406 e. The van der Waals surface area contributed by atoms with Gasteiger partial charge in [-0.05, 0) is 24.3 Å². The van der Waals surface area contributed by atoms with Gasteiger partial charge in [0, 0.05) is 5.56 Å². The van der Waals surface area contributed by atoms with Crippen molar-refractivity contribution in [1.82, 2.24) is 15.0 Å². The Bertz CT molecular complexity index is 839. The van der Waals surface area contributed by atoms with Crippen molar-refractivity contribution in [3.8, 4) is 17.0 Å². The fourth-order valence-electron chi connectivity index (χ4n) is 1.92. The summed E-state index contributed by atoms with van der Waals surface area (Å²) in [5.41, 5.74) is 1.83. The van der Waals surface area contributed by atoms with Crippen molar-refractivity contribution >= 4 is 22.6 Å². The summed E-state index contributed by atoms with van der Waals surface area (Å²) in [4.78, 5) is 12.1. The lowest BCUT2D eigenvalue weighted by atomic mass is 10.1. The second-order valence-corrected chi connectivity index (χ2v) is 4.66. The molecule has 0 atom stereocenters. The summed E-state index contributed by atoms with van der Waals surface area (Å²) in [6.07, 6.45) is -3.43. The highest BCUT2D eigenvalue weighted by Crippen LogP contribution is 2.28. The Kier molecular flexibility index (Phi) is 3.58. The van der Waals surface area contributed by atoms with E-state index in [1.165, 1.54) is 24.5 Å². The SMILES string of the molecule is FC(F)(F)Oc1cccc(-c2ccc3ncnc(Cl)c3n2)c1. The van der Waals surface area contributed by atoms with Crippen LogP contribution in [0.3, 0.4) is 0 Å². The molecule has 1 aromatic carbocycles. The molecule has 22 heavy (non-hydrogen) atoms. The number of rotatable bonds is 2. The number of ether oxygens (including phenoxy) is 1. The smallest absolute Gasteiger partial charge is 0.406 e. The molecule has 3 aromatic rings. The Morgan fingerprint density at radius 2 is 1.86 bits per heavy atom. The number of pyridine rings is 1. The average molecular weight is 326 g/mol. The Balaban J connectivity index is 2.04. The van der Waals surface area contributed by atoms with Gasteiger partial charge < -0.3 is 4.74 Å². The van der Waals surface area contributed by atoms with Gasteiger partial charge in [-0.3, -0.25) is 0 Å². The van der Waals surface area contributed by atoms with Gasteiger partial charge in [-0.1, -0.05) is 23.7 Å². The largest absolute Gasteiger partial charge is 0.573 e. The fourth-order valence-corrected chi connectivity index (χ4v) is 2.11. The molecule has 112 valence electrons. The van der Waals surface area contributed by atoms with E-state index in [0.29, 0.717) is 22.3 Å². The highest BCUT2D eigenvalue weighted by atomic mass is 35.5. The third-order valence-corrected chi connectivity index (χ3v) is 3.08. The first-order valence-electron chi connectivity index (χ1n) is 6.06. The molecule has 0 fully saturated rings. The summed E-state index contributed by atoms with van der Waals surface area (Å²) >= 11 is 5.95. The Hall–Kier alpha value is -2.41. The van der Waals surface area contributed by atoms with E-state index >= 15 is 0 Å². The number of halogens is 4. The van der Waals surface area contributed by atoms with E-state index in [4.69, 9.17) is 11.6 Å². The summed E-state index contributed by atoms with van der Waals surface area (Å²) in [5.74, 6) is -0.317. The summed E-state index contributed by atoms with van der Waals surface area (Å²) in [6.45, 7) is 0. The summed E-state index contributed by atoms with van der Waals surface area (Å²) < 4.78 is 40.7. The van der Waals surface area contributed by atoms with Crippen LogP contribution >= 0.6 is 11.6 Å². The van der Waals surface area contributed by atoms with Gasteiger partial charge in [0.05, 0.1) is 11.2 Å². The van der Waals surface area contributed by atoms with Gasteiger partial charge in [0.15, 0.2) is 5.15 Å².